The van der Waals surface area contributed by atoms with Gasteiger partial charge in [0.2, 0.25) is 5.89 Å². The van der Waals surface area contributed by atoms with Gasteiger partial charge in [0.1, 0.15) is 27.8 Å². The Bertz CT molecular complexity index is 3880. The van der Waals surface area contributed by atoms with Gasteiger partial charge in [0.25, 0.3) is 0 Å². The van der Waals surface area contributed by atoms with Gasteiger partial charge in [-0.05, 0) is 81.2 Å². The SMILES string of the molecule is c1ccc(-c2nc3ccc4oc5ccc6ccc(-c7nc(-c8ccc(-c9cccc%10oc%11ccccc%11c9%10)cc8)nc(-c8cccc9ccccc89)n7)cc6c5c4c3o2)cc1. The van der Waals surface area contributed by atoms with Crippen molar-refractivity contribution in [2.24, 2.45) is 0 Å². The number of hydrogen-bond acceptors (Lipinski definition) is 7. The molecule has 13 rings (SSSR count). The molecule has 0 aliphatic rings. The normalized spacial score (nSPS) is 11.9. The van der Waals surface area contributed by atoms with Crippen molar-refractivity contribution in [3.05, 3.63) is 182 Å². The molecule has 4 heterocycles. The Morgan fingerprint density at radius 1 is 0.311 bits per heavy atom. The summed E-state index contributed by atoms with van der Waals surface area (Å²) in [6.45, 7) is 0. The number of nitrogens with zero attached hydrogens (tertiary/aromatic N) is 4. The summed E-state index contributed by atoms with van der Waals surface area (Å²) in [5.41, 5.74) is 10.5. The van der Waals surface area contributed by atoms with E-state index in [0.717, 1.165) is 104 Å². The van der Waals surface area contributed by atoms with E-state index in [1.807, 2.05) is 72.8 Å². The molecule has 0 saturated heterocycles. The summed E-state index contributed by atoms with van der Waals surface area (Å²) in [6.07, 6.45) is 0. The Morgan fingerprint density at radius 2 is 0.918 bits per heavy atom. The zero-order chi connectivity index (χ0) is 40.0. The number of aromatic nitrogens is 4. The van der Waals surface area contributed by atoms with Crippen LogP contribution in [0.1, 0.15) is 0 Å². The molecule has 0 atom stereocenters. The van der Waals surface area contributed by atoms with Crippen molar-refractivity contribution < 1.29 is 13.3 Å². The highest BCUT2D eigenvalue weighted by atomic mass is 16.4. The van der Waals surface area contributed by atoms with Crippen LogP contribution in [0.4, 0.5) is 0 Å². The quantitative estimate of drug-likeness (QED) is 0.172. The third-order valence-electron chi connectivity index (χ3n) is 11.8. The van der Waals surface area contributed by atoms with Crippen LogP contribution in [-0.2, 0) is 0 Å². The van der Waals surface area contributed by atoms with Crippen LogP contribution in [0.3, 0.4) is 0 Å². The van der Waals surface area contributed by atoms with Gasteiger partial charge in [0, 0.05) is 38.4 Å². The van der Waals surface area contributed by atoms with E-state index in [9.17, 15) is 0 Å². The van der Waals surface area contributed by atoms with E-state index in [4.69, 9.17) is 33.2 Å². The Labute approximate surface area is 347 Å². The van der Waals surface area contributed by atoms with E-state index in [-0.39, 0.29) is 0 Å². The summed E-state index contributed by atoms with van der Waals surface area (Å²) in [4.78, 5) is 20.4. The standard InChI is InChI=1S/C54H30N4O3/c1-2-11-35(12-3-1)54-55-42-27-29-46-49(50(42)61-54)48-41-30-36(25-22-33(41)26-28-45(48)60-46)52-56-51(57-53(58-52)39-17-8-13-31-10-4-5-14-37(31)39)34-23-20-32(21-24-34)38-16-9-19-44-47(38)40-15-6-7-18-43(40)59-44/h1-30H. The van der Waals surface area contributed by atoms with Crippen LogP contribution in [0.15, 0.2) is 195 Å². The molecular weight excluding hydrogens is 753 g/mol. The zero-order valence-corrected chi connectivity index (χ0v) is 32.3. The number of oxazole rings is 1. The lowest BCUT2D eigenvalue weighted by Gasteiger charge is -2.11. The molecule has 0 saturated carbocycles. The number of benzene rings is 9. The maximum absolute atomic E-state index is 6.53. The van der Waals surface area contributed by atoms with Crippen LogP contribution in [0.2, 0.25) is 0 Å². The number of fused-ring (bicyclic) bond motifs is 11. The van der Waals surface area contributed by atoms with E-state index >= 15 is 0 Å². The minimum absolute atomic E-state index is 0.564. The average molecular weight is 783 g/mol. The summed E-state index contributed by atoms with van der Waals surface area (Å²) < 4.78 is 19.2. The lowest BCUT2D eigenvalue weighted by molar-refractivity contribution is 0.622. The lowest BCUT2D eigenvalue weighted by atomic mass is 9.98. The molecule has 0 fully saturated rings. The van der Waals surface area contributed by atoms with Gasteiger partial charge < -0.3 is 13.3 Å². The van der Waals surface area contributed by atoms with E-state index in [2.05, 4.69) is 109 Å². The summed E-state index contributed by atoms with van der Waals surface area (Å²) in [7, 11) is 0. The first kappa shape index (κ1) is 33.5. The second-order valence-corrected chi connectivity index (χ2v) is 15.3. The highest BCUT2D eigenvalue weighted by Gasteiger charge is 2.21. The summed E-state index contributed by atoms with van der Waals surface area (Å²) >= 11 is 0. The van der Waals surface area contributed by atoms with Gasteiger partial charge in [-0.1, -0.05) is 133 Å². The predicted molar refractivity (Wildman–Crippen MR) is 244 cm³/mol. The minimum atomic E-state index is 0.564. The van der Waals surface area contributed by atoms with Gasteiger partial charge in [-0.15, -0.1) is 0 Å². The first-order chi connectivity index (χ1) is 30.2. The molecule has 7 heteroatoms. The molecular formula is C54H30N4O3. The fourth-order valence-corrected chi connectivity index (χ4v) is 8.89. The Hall–Kier alpha value is -8.42. The lowest BCUT2D eigenvalue weighted by Crippen LogP contribution is -2.00. The smallest absolute Gasteiger partial charge is 0.227 e. The molecule has 284 valence electrons. The van der Waals surface area contributed by atoms with Crippen LogP contribution < -0.4 is 0 Å². The van der Waals surface area contributed by atoms with Crippen molar-refractivity contribution in [3.8, 4) is 56.7 Å². The molecule has 0 N–H and O–H groups in total. The molecule has 61 heavy (non-hydrogen) atoms. The molecule has 4 aromatic heterocycles. The third-order valence-corrected chi connectivity index (χ3v) is 11.8. The van der Waals surface area contributed by atoms with Gasteiger partial charge in [-0.25, -0.2) is 19.9 Å². The molecule has 0 unspecified atom stereocenters. The number of furan rings is 2. The van der Waals surface area contributed by atoms with Crippen LogP contribution in [0, 0.1) is 0 Å². The van der Waals surface area contributed by atoms with Crippen LogP contribution in [0.5, 0.6) is 0 Å². The Morgan fingerprint density at radius 3 is 1.82 bits per heavy atom. The Kier molecular flexibility index (Phi) is 7.17. The second kappa shape index (κ2) is 13.0. The van der Waals surface area contributed by atoms with Crippen LogP contribution >= 0.6 is 0 Å². The molecule has 0 spiro atoms. The molecule has 9 aromatic carbocycles. The maximum atomic E-state index is 6.53. The van der Waals surface area contributed by atoms with Crippen molar-refractivity contribution >= 4 is 76.5 Å². The fourth-order valence-electron chi connectivity index (χ4n) is 8.89. The van der Waals surface area contributed by atoms with Crippen molar-refractivity contribution in [1.82, 2.24) is 19.9 Å². The Balaban J connectivity index is 0.996. The van der Waals surface area contributed by atoms with E-state index < -0.39 is 0 Å². The van der Waals surface area contributed by atoms with E-state index in [1.165, 1.54) is 0 Å². The molecule has 0 aliphatic carbocycles. The zero-order valence-electron chi connectivity index (χ0n) is 32.3. The average Bonchev–Trinajstić information content (AvgIpc) is 4.05. The predicted octanol–water partition coefficient (Wildman–Crippen LogP) is 14.5. The van der Waals surface area contributed by atoms with Crippen molar-refractivity contribution in [3.63, 3.8) is 0 Å². The third kappa shape index (κ3) is 5.31. The van der Waals surface area contributed by atoms with Gasteiger partial charge in [-0.3, -0.25) is 0 Å². The summed E-state index contributed by atoms with van der Waals surface area (Å²) in [5.74, 6) is 2.31. The monoisotopic (exact) mass is 782 g/mol. The fraction of sp³-hybridized carbons (Fsp3) is 0. The van der Waals surface area contributed by atoms with Gasteiger partial charge in [0.15, 0.2) is 23.1 Å². The second-order valence-electron chi connectivity index (χ2n) is 15.3. The van der Waals surface area contributed by atoms with E-state index in [0.29, 0.717) is 28.9 Å². The highest BCUT2D eigenvalue weighted by molar-refractivity contribution is 6.25. The van der Waals surface area contributed by atoms with Crippen LogP contribution in [0.25, 0.3) is 133 Å². The molecule has 0 radical (unpaired) electrons. The van der Waals surface area contributed by atoms with E-state index in [1.54, 1.807) is 0 Å². The van der Waals surface area contributed by atoms with Gasteiger partial charge >= 0.3 is 0 Å². The maximum Gasteiger partial charge on any atom is 0.227 e. The molecule has 7 nitrogen and oxygen atoms in total. The first-order valence-corrected chi connectivity index (χ1v) is 20.2. The van der Waals surface area contributed by atoms with Crippen molar-refractivity contribution in [1.29, 1.82) is 0 Å². The molecule has 0 aliphatic heterocycles. The first-order valence-electron chi connectivity index (χ1n) is 20.2. The highest BCUT2D eigenvalue weighted by Crippen LogP contribution is 2.42. The van der Waals surface area contributed by atoms with Crippen molar-refractivity contribution in [2.45, 2.75) is 0 Å². The molecule has 0 amide bonds. The summed E-state index contributed by atoms with van der Waals surface area (Å²) in [6, 6.07) is 61.8. The van der Waals surface area contributed by atoms with Gasteiger partial charge in [-0.2, -0.15) is 0 Å². The van der Waals surface area contributed by atoms with Gasteiger partial charge in [0.05, 0.1) is 5.39 Å². The van der Waals surface area contributed by atoms with Crippen molar-refractivity contribution in [2.75, 3.05) is 0 Å². The molecule has 0 bridgehead atoms. The molecule has 13 aromatic rings. The summed E-state index contributed by atoms with van der Waals surface area (Å²) in [5, 5.41) is 8.27. The largest absolute Gasteiger partial charge is 0.456 e. The number of hydrogen-bond donors (Lipinski definition) is 0. The van der Waals surface area contributed by atoms with Crippen LogP contribution in [-0.4, -0.2) is 19.9 Å². The topological polar surface area (TPSA) is 91.0 Å². The minimum Gasteiger partial charge on any atom is -0.456 e. The number of rotatable bonds is 5. The number of para-hydroxylation sites is 1.